The molecule has 1 amide bonds. The van der Waals surface area contributed by atoms with Gasteiger partial charge in [-0.2, -0.15) is 0 Å². The number of methoxy groups -OCH3 is 1. The van der Waals surface area contributed by atoms with Gasteiger partial charge < -0.3 is 14.4 Å². The molecule has 25 heavy (non-hydrogen) atoms. The first-order valence-corrected chi connectivity index (χ1v) is 9.26. The van der Waals surface area contributed by atoms with Gasteiger partial charge in [0.05, 0.1) is 12.5 Å². The molecule has 0 saturated carbocycles. The molecule has 0 radical (unpaired) electrons. The molecule has 2 rings (SSSR count). The van der Waals surface area contributed by atoms with E-state index in [4.69, 9.17) is 9.47 Å². The summed E-state index contributed by atoms with van der Waals surface area (Å²) in [7, 11) is 1.42. The van der Waals surface area contributed by atoms with Crippen LogP contribution in [-0.4, -0.2) is 42.8 Å². The summed E-state index contributed by atoms with van der Waals surface area (Å²) in [5.41, 5.74) is -0.0707. The monoisotopic (exact) mass is 411 g/mol. The number of hydrogen-bond donors (Lipinski definition) is 0. The van der Waals surface area contributed by atoms with Crippen LogP contribution in [-0.2, 0) is 20.7 Å². The van der Waals surface area contributed by atoms with Gasteiger partial charge in [-0.1, -0.05) is 34.1 Å². The molecule has 1 aliphatic rings. The quantitative estimate of drug-likeness (QED) is 0.699. The van der Waals surface area contributed by atoms with Gasteiger partial charge in [-0.05, 0) is 51.7 Å². The molecule has 138 valence electrons. The lowest BCUT2D eigenvalue weighted by Gasteiger charge is -2.40. The average molecular weight is 412 g/mol. The minimum atomic E-state index is -0.614. The molecule has 5 nitrogen and oxygen atoms in total. The van der Waals surface area contributed by atoms with Gasteiger partial charge >= 0.3 is 12.1 Å². The minimum Gasteiger partial charge on any atom is -0.469 e. The lowest BCUT2D eigenvalue weighted by Crippen LogP contribution is -2.49. The average Bonchev–Trinajstić information content (AvgIpc) is 2.55. The largest absolute Gasteiger partial charge is 0.469 e. The molecule has 1 aromatic rings. The van der Waals surface area contributed by atoms with Gasteiger partial charge in [-0.3, -0.25) is 4.79 Å². The number of carbonyl (C=O) groups excluding carboxylic acids is 2. The van der Waals surface area contributed by atoms with Crippen molar-refractivity contribution in [2.75, 3.05) is 20.2 Å². The predicted octanol–water partition coefficient (Wildman–Crippen LogP) is 4.18. The van der Waals surface area contributed by atoms with E-state index < -0.39 is 11.0 Å². The second kappa shape index (κ2) is 7.77. The van der Waals surface area contributed by atoms with E-state index in [1.165, 1.54) is 7.11 Å². The molecule has 1 fully saturated rings. The normalized spacial score (nSPS) is 17.1. The Bertz CT molecular complexity index is 631. The highest BCUT2D eigenvalue weighted by molar-refractivity contribution is 9.10. The van der Waals surface area contributed by atoms with E-state index in [0.29, 0.717) is 32.4 Å². The summed E-state index contributed by atoms with van der Waals surface area (Å²) in [6, 6.07) is 7.88. The number of likely N-dealkylation sites (tertiary alicyclic amines) is 1. The van der Waals surface area contributed by atoms with E-state index in [1.807, 2.05) is 45.0 Å². The molecule has 0 unspecified atom stereocenters. The fourth-order valence-electron chi connectivity index (χ4n) is 3.12. The number of hydrogen-bond acceptors (Lipinski definition) is 4. The number of esters is 1. The smallest absolute Gasteiger partial charge is 0.410 e. The van der Waals surface area contributed by atoms with Crippen LogP contribution >= 0.6 is 15.9 Å². The highest BCUT2D eigenvalue weighted by Gasteiger charge is 2.44. The number of piperidine rings is 1. The Labute approximate surface area is 157 Å². The Balaban J connectivity index is 2.12. The van der Waals surface area contributed by atoms with Gasteiger partial charge in [0.25, 0.3) is 0 Å². The molecule has 0 aromatic heterocycles. The Morgan fingerprint density at radius 3 is 2.32 bits per heavy atom. The van der Waals surface area contributed by atoms with E-state index in [1.54, 1.807) is 4.90 Å². The Hall–Kier alpha value is -1.56. The lowest BCUT2D eigenvalue weighted by molar-refractivity contribution is -0.155. The summed E-state index contributed by atoms with van der Waals surface area (Å²) < 4.78 is 11.5. The fourth-order valence-corrected chi connectivity index (χ4v) is 3.54. The first-order chi connectivity index (χ1) is 11.7. The maximum atomic E-state index is 12.5. The molecule has 6 heteroatoms. The zero-order chi connectivity index (χ0) is 18.7. The third-order valence-electron chi connectivity index (χ3n) is 4.48. The van der Waals surface area contributed by atoms with Crippen molar-refractivity contribution >= 4 is 28.0 Å². The van der Waals surface area contributed by atoms with Crippen LogP contribution in [0, 0.1) is 5.41 Å². The van der Waals surface area contributed by atoms with Gasteiger partial charge in [-0.25, -0.2) is 4.79 Å². The third-order valence-corrected chi connectivity index (χ3v) is 5.25. The predicted molar refractivity (Wildman–Crippen MR) is 99.3 cm³/mol. The van der Waals surface area contributed by atoms with Gasteiger partial charge in [0.2, 0.25) is 0 Å². The Kier molecular flexibility index (Phi) is 6.14. The number of benzene rings is 1. The second-order valence-electron chi connectivity index (χ2n) is 7.51. The molecule has 1 aromatic carbocycles. The maximum Gasteiger partial charge on any atom is 0.410 e. The molecule has 0 bridgehead atoms. The molecule has 1 saturated heterocycles. The van der Waals surface area contributed by atoms with Crippen LogP contribution < -0.4 is 0 Å². The number of amides is 1. The van der Waals surface area contributed by atoms with Crippen molar-refractivity contribution in [3.05, 3.63) is 34.3 Å². The van der Waals surface area contributed by atoms with Crippen LogP contribution in [0.2, 0.25) is 0 Å². The zero-order valence-corrected chi connectivity index (χ0v) is 16.9. The molecule has 1 heterocycles. The fraction of sp³-hybridized carbons (Fsp3) is 0.579. The third kappa shape index (κ3) is 4.97. The summed E-state index contributed by atoms with van der Waals surface area (Å²) >= 11 is 3.55. The number of ether oxygens (including phenoxy) is 2. The first kappa shape index (κ1) is 19.8. The highest BCUT2D eigenvalue weighted by atomic mass is 79.9. The van der Waals surface area contributed by atoms with Crippen LogP contribution in [0.3, 0.4) is 0 Å². The molecule has 0 atom stereocenters. The first-order valence-electron chi connectivity index (χ1n) is 8.47. The van der Waals surface area contributed by atoms with Gasteiger partial charge in [-0.15, -0.1) is 0 Å². The van der Waals surface area contributed by atoms with Crippen molar-refractivity contribution in [3.8, 4) is 0 Å². The van der Waals surface area contributed by atoms with Crippen LogP contribution in [0.25, 0.3) is 0 Å². The highest BCUT2D eigenvalue weighted by Crippen LogP contribution is 2.38. The van der Waals surface area contributed by atoms with Crippen molar-refractivity contribution in [1.82, 2.24) is 4.90 Å². The van der Waals surface area contributed by atoms with E-state index in [0.717, 1.165) is 10.0 Å². The number of rotatable bonds is 3. The van der Waals surface area contributed by atoms with Gasteiger partial charge in [0, 0.05) is 17.6 Å². The van der Waals surface area contributed by atoms with Crippen LogP contribution in [0.5, 0.6) is 0 Å². The minimum absolute atomic E-state index is 0.216. The summed E-state index contributed by atoms with van der Waals surface area (Å²) in [5.74, 6) is -0.216. The summed E-state index contributed by atoms with van der Waals surface area (Å²) in [4.78, 5) is 26.5. The van der Waals surface area contributed by atoms with E-state index in [9.17, 15) is 9.59 Å². The van der Waals surface area contributed by atoms with E-state index in [-0.39, 0.29) is 12.1 Å². The SMILES string of the molecule is COC(=O)C1(Cc2ccccc2Br)CCN(C(=O)OC(C)(C)C)CC1. The maximum absolute atomic E-state index is 12.5. The van der Waals surface area contributed by atoms with Crippen molar-refractivity contribution in [3.63, 3.8) is 0 Å². The number of carbonyl (C=O) groups is 2. The molecule has 0 N–H and O–H groups in total. The standard InChI is InChI=1S/C19H26BrNO4/c1-18(2,3)25-17(23)21-11-9-19(10-12-21,16(22)24-4)13-14-7-5-6-8-15(14)20/h5-8H,9-13H2,1-4H3. The van der Waals surface area contributed by atoms with Gasteiger partial charge in [0.1, 0.15) is 5.60 Å². The van der Waals surface area contributed by atoms with Crippen LogP contribution in [0.1, 0.15) is 39.2 Å². The van der Waals surface area contributed by atoms with Gasteiger partial charge in [0.15, 0.2) is 0 Å². The Morgan fingerprint density at radius 1 is 1.20 bits per heavy atom. The number of nitrogens with zero attached hydrogens (tertiary/aromatic N) is 1. The van der Waals surface area contributed by atoms with E-state index >= 15 is 0 Å². The van der Waals surface area contributed by atoms with Crippen LogP contribution in [0.15, 0.2) is 28.7 Å². The molecular formula is C19H26BrNO4. The second-order valence-corrected chi connectivity index (χ2v) is 8.36. The topological polar surface area (TPSA) is 55.8 Å². The lowest BCUT2D eigenvalue weighted by atomic mass is 9.74. The molecular weight excluding hydrogens is 386 g/mol. The van der Waals surface area contributed by atoms with Crippen molar-refractivity contribution in [1.29, 1.82) is 0 Å². The van der Waals surface area contributed by atoms with Crippen LogP contribution in [0.4, 0.5) is 4.79 Å². The Morgan fingerprint density at radius 2 is 1.80 bits per heavy atom. The van der Waals surface area contributed by atoms with Crippen molar-refractivity contribution in [2.45, 2.75) is 45.6 Å². The summed E-state index contributed by atoms with van der Waals surface area (Å²) in [6.45, 7) is 6.50. The molecule has 0 spiro atoms. The zero-order valence-electron chi connectivity index (χ0n) is 15.3. The van der Waals surface area contributed by atoms with E-state index in [2.05, 4.69) is 15.9 Å². The van der Waals surface area contributed by atoms with Crippen molar-refractivity contribution < 1.29 is 19.1 Å². The summed E-state index contributed by atoms with van der Waals surface area (Å²) in [6.07, 6.45) is 1.37. The summed E-state index contributed by atoms with van der Waals surface area (Å²) in [5, 5.41) is 0. The molecule has 1 aliphatic heterocycles. The number of halogens is 1. The van der Waals surface area contributed by atoms with Crippen molar-refractivity contribution in [2.24, 2.45) is 5.41 Å². The molecule has 0 aliphatic carbocycles.